The van der Waals surface area contributed by atoms with E-state index >= 15 is 0 Å². The zero-order chi connectivity index (χ0) is 25.1. The molecule has 0 bridgehead atoms. The van der Waals surface area contributed by atoms with E-state index in [2.05, 4.69) is 0 Å². The molecule has 5 rings (SSSR count). The summed E-state index contributed by atoms with van der Waals surface area (Å²) in [4.78, 5) is 14.6. The Bertz CT molecular complexity index is 1390. The third-order valence-electron chi connectivity index (χ3n) is 5.88. The van der Waals surface area contributed by atoms with Gasteiger partial charge in [0.2, 0.25) is 0 Å². The number of nitrogens with zero attached hydrogens (tertiary/aromatic N) is 3. The van der Waals surface area contributed by atoms with E-state index in [1.54, 1.807) is 0 Å². The first-order chi connectivity index (χ1) is 17.5. The molecular formula is C29H23Cl2N3O2. The average Bonchev–Trinajstić information content (AvgIpc) is 3.30. The Morgan fingerprint density at radius 3 is 2.17 bits per heavy atom. The highest BCUT2D eigenvalue weighted by molar-refractivity contribution is 6.44. The van der Waals surface area contributed by atoms with Gasteiger partial charge < -0.3 is 4.74 Å². The van der Waals surface area contributed by atoms with Crippen molar-refractivity contribution < 1.29 is 9.53 Å². The van der Waals surface area contributed by atoms with Crippen molar-refractivity contribution in [1.82, 2.24) is 0 Å². The maximum absolute atomic E-state index is 12.7. The van der Waals surface area contributed by atoms with Crippen molar-refractivity contribution in [3.05, 3.63) is 124 Å². The average molecular weight is 516 g/mol. The van der Waals surface area contributed by atoms with E-state index in [0.29, 0.717) is 28.2 Å². The molecule has 180 valence electrons. The predicted molar refractivity (Wildman–Crippen MR) is 146 cm³/mol. The first-order valence-electron chi connectivity index (χ1n) is 11.5. The maximum Gasteiger partial charge on any atom is 0.198 e. The largest absolute Gasteiger partial charge is 0.489 e. The van der Waals surface area contributed by atoms with E-state index in [1.807, 2.05) is 113 Å². The molecule has 0 saturated carbocycles. The second-order valence-electron chi connectivity index (χ2n) is 8.33. The van der Waals surface area contributed by atoms with Crippen molar-refractivity contribution in [2.75, 3.05) is 9.91 Å². The van der Waals surface area contributed by atoms with Crippen LogP contribution in [0.25, 0.3) is 0 Å². The first kappa shape index (κ1) is 23.9. The molecular weight excluding hydrogens is 493 g/mol. The third-order valence-corrected chi connectivity index (χ3v) is 6.50. The number of carbonyl (C=O) groups excluding carboxylic acids is 1. The van der Waals surface area contributed by atoms with Crippen LogP contribution in [0.4, 0.5) is 11.4 Å². The minimum absolute atomic E-state index is 0.125. The fourth-order valence-electron chi connectivity index (χ4n) is 4.12. The molecule has 0 aromatic heterocycles. The Labute approximate surface area is 220 Å². The summed E-state index contributed by atoms with van der Waals surface area (Å²) in [7, 11) is 0. The number of rotatable bonds is 7. The van der Waals surface area contributed by atoms with Gasteiger partial charge in [-0.05, 0) is 60.2 Å². The normalized spacial score (nSPS) is 15.1. The smallest absolute Gasteiger partial charge is 0.198 e. The van der Waals surface area contributed by atoms with Crippen molar-refractivity contribution >= 4 is 46.2 Å². The number of ether oxygens (including phenoxy) is 1. The summed E-state index contributed by atoms with van der Waals surface area (Å²) in [5.41, 5.74) is 3.55. The molecule has 0 aliphatic carbocycles. The quantitative estimate of drug-likeness (QED) is 0.255. The topological polar surface area (TPSA) is 45.1 Å². The number of Topliss-reactive ketones (excluding diaryl/α,β-unsaturated/α-hetero) is 1. The molecule has 4 aromatic rings. The molecule has 36 heavy (non-hydrogen) atoms. The zero-order valence-corrected chi connectivity index (χ0v) is 21.0. The van der Waals surface area contributed by atoms with Gasteiger partial charge in [0, 0.05) is 28.2 Å². The standard InChI is InChI=1S/C29H23Cl2N3O2/c1-20(35)28-32-34(25-15-13-23(30)14-16-25)29(33(28)24-8-3-2-4-9-24)21-11-17-26(18-12-21)36-19-22-7-5-6-10-27(22)31/h2-18,29H,19H2,1H3/t29-/m0/s1. The van der Waals surface area contributed by atoms with Crippen LogP contribution in [-0.4, -0.2) is 11.6 Å². The number of anilines is 2. The van der Waals surface area contributed by atoms with Gasteiger partial charge in [-0.25, -0.2) is 5.01 Å². The molecule has 5 nitrogen and oxygen atoms in total. The number of amidine groups is 1. The van der Waals surface area contributed by atoms with Gasteiger partial charge in [-0.2, -0.15) is 0 Å². The SMILES string of the molecule is CC(=O)C1=NN(c2ccc(Cl)cc2)[C@@H](c2ccc(OCc3ccccc3Cl)cc2)N1c1ccccc1. The minimum Gasteiger partial charge on any atom is -0.489 e. The van der Waals surface area contributed by atoms with Crippen LogP contribution >= 0.6 is 23.2 Å². The number of carbonyl (C=O) groups is 1. The van der Waals surface area contributed by atoms with Gasteiger partial charge >= 0.3 is 0 Å². The number of hydrogen-bond acceptors (Lipinski definition) is 5. The van der Waals surface area contributed by atoms with Crippen LogP contribution in [0.1, 0.15) is 24.2 Å². The van der Waals surface area contributed by atoms with Gasteiger partial charge in [0.15, 0.2) is 17.8 Å². The summed E-state index contributed by atoms with van der Waals surface area (Å²) >= 11 is 12.4. The zero-order valence-electron chi connectivity index (χ0n) is 19.5. The van der Waals surface area contributed by atoms with Crippen LogP contribution in [0.2, 0.25) is 10.0 Å². The van der Waals surface area contributed by atoms with Gasteiger partial charge in [-0.1, -0.05) is 71.7 Å². The molecule has 1 heterocycles. The van der Waals surface area contributed by atoms with E-state index in [9.17, 15) is 4.79 Å². The van der Waals surface area contributed by atoms with Crippen molar-refractivity contribution in [2.45, 2.75) is 19.7 Å². The third kappa shape index (κ3) is 4.94. The maximum atomic E-state index is 12.7. The van der Waals surface area contributed by atoms with Crippen LogP contribution in [-0.2, 0) is 11.4 Å². The molecule has 0 amide bonds. The van der Waals surface area contributed by atoms with Gasteiger partial charge in [-0.3, -0.25) is 9.69 Å². The summed E-state index contributed by atoms with van der Waals surface area (Å²) < 4.78 is 5.98. The van der Waals surface area contributed by atoms with Crippen LogP contribution in [0.15, 0.2) is 108 Å². The minimum atomic E-state index is -0.384. The summed E-state index contributed by atoms with van der Waals surface area (Å²) in [5, 5.41) is 7.90. The van der Waals surface area contributed by atoms with Crippen molar-refractivity contribution in [1.29, 1.82) is 0 Å². The predicted octanol–water partition coefficient (Wildman–Crippen LogP) is 7.50. The molecule has 1 aliphatic rings. The summed E-state index contributed by atoms with van der Waals surface area (Å²) in [6.45, 7) is 1.90. The molecule has 7 heteroatoms. The van der Waals surface area contributed by atoms with Gasteiger partial charge in [-0.15, -0.1) is 5.10 Å². The monoisotopic (exact) mass is 515 g/mol. The lowest BCUT2D eigenvalue weighted by Gasteiger charge is -2.32. The lowest BCUT2D eigenvalue weighted by Crippen LogP contribution is -2.37. The van der Waals surface area contributed by atoms with Crippen LogP contribution in [0.5, 0.6) is 5.75 Å². The van der Waals surface area contributed by atoms with Crippen LogP contribution in [0.3, 0.4) is 0 Å². The fraction of sp³-hybridized carbons (Fsp3) is 0.103. The number of benzene rings is 4. The summed E-state index contributed by atoms with van der Waals surface area (Å²) in [5.74, 6) is 0.953. The number of halogens is 2. The van der Waals surface area contributed by atoms with E-state index in [4.69, 9.17) is 33.0 Å². The highest BCUT2D eigenvalue weighted by Gasteiger charge is 2.39. The van der Waals surface area contributed by atoms with E-state index in [1.165, 1.54) is 6.92 Å². The van der Waals surface area contributed by atoms with Gasteiger partial charge in [0.25, 0.3) is 0 Å². The molecule has 0 saturated heterocycles. The second kappa shape index (κ2) is 10.4. The Hall–Kier alpha value is -3.80. The molecule has 4 aromatic carbocycles. The lowest BCUT2D eigenvalue weighted by atomic mass is 10.1. The van der Waals surface area contributed by atoms with E-state index in [-0.39, 0.29) is 11.9 Å². The van der Waals surface area contributed by atoms with Crippen molar-refractivity contribution in [3.8, 4) is 5.75 Å². The number of hydrogen-bond donors (Lipinski definition) is 0. The summed E-state index contributed by atoms with van der Waals surface area (Å²) in [6.07, 6.45) is -0.384. The Morgan fingerprint density at radius 1 is 0.833 bits per heavy atom. The summed E-state index contributed by atoms with van der Waals surface area (Å²) in [6, 6.07) is 32.6. The van der Waals surface area contributed by atoms with Gasteiger partial charge in [0.1, 0.15) is 12.4 Å². The molecule has 0 radical (unpaired) electrons. The van der Waals surface area contributed by atoms with Crippen LogP contribution < -0.4 is 14.6 Å². The Balaban J connectivity index is 1.50. The first-order valence-corrected chi connectivity index (χ1v) is 12.2. The highest BCUT2D eigenvalue weighted by Crippen LogP contribution is 2.39. The van der Waals surface area contributed by atoms with Gasteiger partial charge in [0.05, 0.1) is 5.69 Å². The van der Waals surface area contributed by atoms with Crippen LogP contribution in [0, 0.1) is 0 Å². The van der Waals surface area contributed by atoms with E-state index < -0.39 is 0 Å². The number of ketones is 1. The van der Waals surface area contributed by atoms with E-state index in [0.717, 1.165) is 22.5 Å². The number of para-hydroxylation sites is 1. The molecule has 1 aliphatic heterocycles. The fourth-order valence-corrected chi connectivity index (χ4v) is 4.43. The van der Waals surface area contributed by atoms with Crippen molar-refractivity contribution in [3.63, 3.8) is 0 Å². The Morgan fingerprint density at radius 2 is 1.50 bits per heavy atom. The highest BCUT2D eigenvalue weighted by atomic mass is 35.5. The molecule has 0 unspecified atom stereocenters. The molecule has 1 atom stereocenters. The second-order valence-corrected chi connectivity index (χ2v) is 9.17. The molecule has 0 fully saturated rings. The Kier molecular flexibility index (Phi) is 6.94. The molecule has 0 spiro atoms. The van der Waals surface area contributed by atoms with Crippen molar-refractivity contribution in [2.24, 2.45) is 5.10 Å². The molecule has 0 N–H and O–H groups in total. The lowest BCUT2D eigenvalue weighted by molar-refractivity contribution is -0.111. The number of hydrazone groups is 1.